The molecule has 0 unspecified atom stereocenters. The van der Waals surface area contributed by atoms with Crippen LogP contribution in [0.2, 0.25) is 0 Å². The van der Waals surface area contributed by atoms with E-state index in [-0.39, 0.29) is 6.61 Å². The van der Waals surface area contributed by atoms with Gasteiger partial charge in [-0.3, -0.25) is 0 Å². The molecule has 2 fully saturated rings. The first-order valence-electron chi connectivity index (χ1n) is 11.2. The fourth-order valence-electron chi connectivity index (χ4n) is 3.63. The molecule has 0 bridgehead atoms. The molecule has 2 aliphatic heterocycles. The fraction of sp³-hybridized carbons (Fsp3) is 0.818. The van der Waals surface area contributed by atoms with Crippen molar-refractivity contribution in [3.05, 3.63) is 23.3 Å². The van der Waals surface area contributed by atoms with Crippen molar-refractivity contribution in [1.29, 1.82) is 0 Å². The van der Waals surface area contributed by atoms with Crippen LogP contribution in [0.5, 0.6) is 0 Å². The maximum Gasteiger partial charge on any atom is 0.187 e. The van der Waals surface area contributed by atoms with Gasteiger partial charge in [0.25, 0.3) is 0 Å². The minimum Gasteiger partial charge on any atom is -0.394 e. The van der Waals surface area contributed by atoms with E-state index in [1.165, 1.54) is 0 Å². The molecule has 0 aromatic carbocycles. The van der Waals surface area contributed by atoms with E-state index in [4.69, 9.17) is 18.9 Å². The maximum absolute atomic E-state index is 10.7. The van der Waals surface area contributed by atoms with Crippen molar-refractivity contribution in [3.63, 3.8) is 0 Å². The summed E-state index contributed by atoms with van der Waals surface area (Å²) in [6.07, 6.45) is -11.9. The number of rotatable bonds is 10. The van der Waals surface area contributed by atoms with Crippen molar-refractivity contribution >= 4 is 0 Å². The Morgan fingerprint density at radius 1 is 0.794 bits per heavy atom. The van der Waals surface area contributed by atoms with Gasteiger partial charge in [0.1, 0.15) is 48.8 Å². The molecule has 2 rings (SSSR count). The van der Waals surface area contributed by atoms with Gasteiger partial charge in [0.2, 0.25) is 0 Å². The molecule has 11 atom stereocenters. The highest BCUT2D eigenvalue weighted by Gasteiger charge is 2.50. The quantitative estimate of drug-likeness (QED) is 0.146. The van der Waals surface area contributed by atoms with E-state index < -0.39 is 80.7 Å². The van der Waals surface area contributed by atoms with Gasteiger partial charge < -0.3 is 59.8 Å². The average Bonchev–Trinajstić information content (AvgIpc) is 2.81. The van der Waals surface area contributed by atoms with Crippen LogP contribution in [0, 0.1) is 0 Å². The SMILES string of the molecule is CC(C)=CC[C@@H](O)/C(C)=C/CO[C@@H]1O[C@H](CO)[C@@H](O)[C@H](O[C@@H]2O[C@H](CO)[C@@H](O)[C@H](O)[C@H]2O)[C@H]1O. The van der Waals surface area contributed by atoms with E-state index in [1.54, 1.807) is 13.0 Å². The molecule has 12 heteroatoms. The van der Waals surface area contributed by atoms with Crippen LogP contribution >= 0.6 is 0 Å². The van der Waals surface area contributed by atoms with E-state index in [0.717, 1.165) is 5.57 Å². The molecule has 0 amide bonds. The maximum atomic E-state index is 10.7. The standard InChI is InChI=1S/C22H38O12/c1-10(2)4-5-12(25)11(3)6-7-31-21-19(30)20(16(27)14(9-24)32-21)34-22-18(29)17(28)15(26)13(8-23)33-22/h4,6,12-30H,5,7-9H2,1-3H3/b11-6+/t12-,13-,14-,15-,16-,17+,18-,19-,20+,21-,22+/m1/s1. The van der Waals surface area contributed by atoms with Crippen LogP contribution < -0.4 is 0 Å². The molecule has 12 nitrogen and oxygen atoms in total. The van der Waals surface area contributed by atoms with Crippen molar-refractivity contribution < 1.29 is 59.8 Å². The van der Waals surface area contributed by atoms with Crippen LogP contribution in [0.3, 0.4) is 0 Å². The average molecular weight is 495 g/mol. The Labute approximate surface area is 198 Å². The summed E-state index contributed by atoms with van der Waals surface area (Å²) in [5.74, 6) is 0. The molecule has 2 saturated heterocycles. The minimum atomic E-state index is -1.75. The Kier molecular flexibility index (Phi) is 11.5. The second-order valence-corrected chi connectivity index (χ2v) is 8.82. The molecule has 34 heavy (non-hydrogen) atoms. The Balaban J connectivity index is 2.06. The van der Waals surface area contributed by atoms with Crippen molar-refractivity contribution in [2.75, 3.05) is 19.8 Å². The molecule has 8 N–H and O–H groups in total. The highest BCUT2D eigenvalue weighted by Crippen LogP contribution is 2.29. The smallest absolute Gasteiger partial charge is 0.187 e. The van der Waals surface area contributed by atoms with Crippen molar-refractivity contribution in [2.24, 2.45) is 0 Å². The molecule has 0 aromatic heterocycles. The predicted octanol–water partition coefficient (Wildman–Crippen LogP) is -2.71. The second kappa shape index (κ2) is 13.3. The minimum absolute atomic E-state index is 0.0690. The number of ether oxygens (including phenoxy) is 4. The molecule has 0 aliphatic carbocycles. The van der Waals surface area contributed by atoms with Gasteiger partial charge in [-0.05, 0) is 32.8 Å². The third-order valence-corrected chi connectivity index (χ3v) is 5.90. The molecule has 2 heterocycles. The normalized spacial score (nSPS) is 40.1. The van der Waals surface area contributed by atoms with Crippen molar-refractivity contribution in [1.82, 2.24) is 0 Å². The number of aliphatic hydroxyl groups excluding tert-OH is 8. The lowest BCUT2D eigenvalue weighted by Gasteiger charge is -2.45. The number of hydrogen-bond acceptors (Lipinski definition) is 12. The first kappa shape index (κ1) is 29.2. The summed E-state index contributed by atoms with van der Waals surface area (Å²) in [7, 11) is 0. The Hall–Kier alpha value is -1.00. The second-order valence-electron chi connectivity index (χ2n) is 8.82. The summed E-state index contributed by atoms with van der Waals surface area (Å²) in [4.78, 5) is 0. The van der Waals surface area contributed by atoms with Gasteiger partial charge in [0.05, 0.1) is 25.9 Å². The summed E-state index contributed by atoms with van der Waals surface area (Å²) >= 11 is 0. The molecule has 0 aromatic rings. The van der Waals surface area contributed by atoms with Crippen LogP contribution in [0.1, 0.15) is 27.2 Å². The Morgan fingerprint density at radius 2 is 1.38 bits per heavy atom. The van der Waals surface area contributed by atoms with Crippen LogP contribution in [0.4, 0.5) is 0 Å². The van der Waals surface area contributed by atoms with Crippen LogP contribution in [0.25, 0.3) is 0 Å². The van der Waals surface area contributed by atoms with E-state index in [0.29, 0.717) is 12.0 Å². The Bertz CT molecular complexity index is 679. The Morgan fingerprint density at radius 3 is 1.97 bits per heavy atom. The van der Waals surface area contributed by atoms with Gasteiger partial charge in [0, 0.05) is 0 Å². The fourth-order valence-corrected chi connectivity index (χ4v) is 3.63. The summed E-state index contributed by atoms with van der Waals surface area (Å²) < 4.78 is 21.7. The van der Waals surface area contributed by atoms with Crippen molar-refractivity contribution in [3.8, 4) is 0 Å². The molecule has 0 spiro atoms. The van der Waals surface area contributed by atoms with Gasteiger partial charge in [-0.1, -0.05) is 17.7 Å². The summed E-state index contributed by atoms with van der Waals surface area (Å²) in [6, 6.07) is 0. The molecule has 0 saturated carbocycles. The van der Waals surface area contributed by atoms with Gasteiger partial charge >= 0.3 is 0 Å². The third-order valence-electron chi connectivity index (χ3n) is 5.90. The van der Waals surface area contributed by atoms with E-state index in [2.05, 4.69) is 0 Å². The largest absolute Gasteiger partial charge is 0.394 e. The summed E-state index contributed by atoms with van der Waals surface area (Å²) in [5.41, 5.74) is 1.71. The van der Waals surface area contributed by atoms with Gasteiger partial charge in [-0.2, -0.15) is 0 Å². The highest BCUT2D eigenvalue weighted by atomic mass is 16.7. The topological polar surface area (TPSA) is 199 Å². The van der Waals surface area contributed by atoms with E-state index >= 15 is 0 Å². The van der Waals surface area contributed by atoms with Gasteiger partial charge in [-0.15, -0.1) is 0 Å². The first-order valence-corrected chi connectivity index (χ1v) is 11.2. The van der Waals surface area contributed by atoms with Crippen LogP contribution in [-0.2, 0) is 18.9 Å². The molecule has 198 valence electrons. The lowest BCUT2D eigenvalue weighted by Crippen LogP contribution is -2.64. The molecule has 2 aliphatic rings. The van der Waals surface area contributed by atoms with Gasteiger partial charge in [-0.25, -0.2) is 0 Å². The lowest BCUT2D eigenvalue weighted by atomic mass is 9.97. The van der Waals surface area contributed by atoms with Crippen molar-refractivity contribution in [2.45, 2.75) is 94.7 Å². The molecular weight excluding hydrogens is 456 g/mol. The number of hydrogen-bond donors (Lipinski definition) is 8. The number of aliphatic hydroxyl groups is 8. The van der Waals surface area contributed by atoms with Crippen LogP contribution in [0.15, 0.2) is 23.3 Å². The first-order chi connectivity index (χ1) is 16.0. The van der Waals surface area contributed by atoms with Gasteiger partial charge in [0.15, 0.2) is 12.6 Å². The monoisotopic (exact) mass is 494 g/mol. The zero-order chi connectivity index (χ0) is 25.6. The summed E-state index contributed by atoms with van der Waals surface area (Å²) in [5, 5.41) is 80.3. The number of allylic oxidation sites excluding steroid dienone is 1. The van der Waals surface area contributed by atoms with E-state index in [1.807, 2.05) is 19.9 Å². The summed E-state index contributed by atoms with van der Waals surface area (Å²) in [6.45, 7) is 4.17. The lowest BCUT2D eigenvalue weighted by molar-refractivity contribution is -0.359. The predicted molar refractivity (Wildman–Crippen MR) is 116 cm³/mol. The zero-order valence-electron chi connectivity index (χ0n) is 19.5. The van der Waals surface area contributed by atoms with E-state index in [9.17, 15) is 40.9 Å². The molecular formula is C22H38O12. The highest BCUT2D eigenvalue weighted by molar-refractivity contribution is 5.08. The third kappa shape index (κ3) is 7.26. The molecule has 0 radical (unpaired) electrons. The van der Waals surface area contributed by atoms with Crippen LogP contribution in [-0.4, -0.2) is 128 Å². The zero-order valence-corrected chi connectivity index (χ0v) is 19.5.